The summed E-state index contributed by atoms with van der Waals surface area (Å²) in [5, 5.41) is 0. The van der Waals surface area contributed by atoms with Gasteiger partial charge in [-0.2, -0.15) is 0 Å². The topological polar surface area (TPSA) is 6.48 Å². The van der Waals surface area contributed by atoms with E-state index in [1.165, 1.54) is 89.3 Å². The summed E-state index contributed by atoms with van der Waals surface area (Å²) in [7, 11) is 0. The van der Waals surface area contributed by atoms with E-state index in [9.17, 15) is 0 Å². The van der Waals surface area contributed by atoms with E-state index in [0.717, 1.165) is 22.7 Å². The van der Waals surface area contributed by atoms with E-state index in [2.05, 4.69) is 262 Å². The van der Waals surface area contributed by atoms with E-state index in [4.69, 9.17) is 0 Å². The molecule has 0 unspecified atom stereocenters. The number of para-hydroxylation sites is 4. The Morgan fingerprint density at radius 3 is 1.66 bits per heavy atom. The molecule has 2 aliphatic carbocycles. The van der Waals surface area contributed by atoms with Gasteiger partial charge in [0.25, 0.3) is 0 Å². The van der Waals surface area contributed by atoms with Crippen LogP contribution in [0.3, 0.4) is 0 Å². The Bertz CT molecular complexity index is 3330. The zero-order valence-corrected chi connectivity index (χ0v) is 37.0. The van der Waals surface area contributed by atoms with Crippen LogP contribution < -0.4 is 9.80 Å². The third-order valence-electron chi connectivity index (χ3n) is 14.4. The van der Waals surface area contributed by atoms with Crippen LogP contribution in [-0.2, 0) is 10.8 Å². The Hall–Kier alpha value is -7.94. The molecule has 1 spiro atoms. The minimum absolute atomic E-state index is 0.189. The highest BCUT2D eigenvalue weighted by molar-refractivity contribution is 5.97. The number of nitrogens with zero attached hydrogens (tertiary/aromatic N) is 2. The van der Waals surface area contributed by atoms with Crippen molar-refractivity contribution in [3.05, 3.63) is 270 Å². The van der Waals surface area contributed by atoms with Crippen LogP contribution in [0.2, 0.25) is 0 Å². The number of rotatable bonds is 6. The number of anilines is 6. The Kier molecular flexibility index (Phi) is 8.83. The lowest BCUT2D eigenvalue weighted by atomic mass is 9.64. The fourth-order valence-corrected chi connectivity index (χ4v) is 11.3. The summed E-state index contributed by atoms with van der Waals surface area (Å²) in [6.45, 7) is 11.3. The first-order valence-electron chi connectivity index (χ1n) is 22.7. The van der Waals surface area contributed by atoms with Crippen molar-refractivity contribution in [1.82, 2.24) is 0 Å². The molecule has 2 heteroatoms. The highest BCUT2D eigenvalue weighted by Crippen LogP contribution is 2.63. The first-order valence-corrected chi connectivity index (χ1v) is 22.7. The predicted octanol–water partition coefficient (Wildman–Crippen LogP) is 16.9. The van der Waals surface area contributed by atoms with Gasteiger partial charge >= 0.3 is 0 Å². The fraction of sp³-hybridized carbons (Fsp3) is 0.0794. The van der Waals surface area contributed by atoms with Crippen molar-refractivity contribution in [2.75, 3.05) is 9.80 Å². The molecule has 0 N–H and O–H groups in total. The molecule has 310 valence electrons. The lowest BCUT2D eigenvalue weighted by molar-refractivity contribution is 0.663. The van der Waals surface area contributed by atoms with Crippen molar-refractivity contribution in [2.45, 2.75) is 31.6 Å². The Morgan fingerprint density at radius 2 is 0.969 bits per heavy atom. The van der Waals surface area contributed by atoms with Gasteiger partial charge in [0, 0.05) is 28.0 Å². The van der Waals surface area contributed by atoms with Crippen LogP contribution in [0, 0.1) is 0 Å². The van der Waals surface area contributed by atoms with Crippen molar-refractivity contribution in [1.29, 1.82) is 0 Å². The third kappa shape index (κ3) is 5.67. The second kappa shape index (κ2) is 14.8. The van der Waals surface area contributed by atoms with E-state index in [1.807, 2.05) is 0 Å². The minimum atomic E-state index is -0.516. The number of hydrogen-bond acceptors (Lipinski definition) is 2. The minimum Gasteiger partial charge on any atom is -0.310 e. The Balaban J connectivity index is 1.02. The monoisotopic (exact) mass is 832 g/mol. The van der Waals surface area contributed by atoms with E-state index < -0.39 is 5.41 Å². The molecule has 0 atom stereocenters. The second-order valence-corrected chi connectivity index (χ2v) is 18.1. The molecule has 9 aromatic carbocycles. The normalized spacial score (nSPS) is 15.3. The second-order valence-electron chi connectivity index (χ2n) is 18.1. The zero-order chi connectivity index (χ0) is 43.9. The summed E-state index contributed by atoms with van der Waals surface area (Å²) in [5.74, 6) is 0. The molecule has 0 saturated carbocycles. The maximum absolute atomic E-state index is 4.57. The first-order chi connectivity index (χ1) is 31.9. The first kappa shape index (κ1) is 38.7. The third-order valence-corrected chi connectivity index (χ3v) is 14.4. The molecule has 2 nitrogen and oxygen atoms in total. The summed E-state index contributed by atoms with van der Waals surface area (Å²) in [6, 6.07) is 80.8. The van der Waals surface area contributed by atoms with Crippen molar-refractivity contribution in [2.24, 2.45) is 0 Å². The highest BCUT2D eigenvalue weighted by Gasteiger charge is 2.51. The summed E-state index contributed by atoms with van der Waals surface area (Å²) >= 11 is 0. The summed E-state index contributed by atoms with van der Waals surface area (Å²) in [5.41, 5.74) is 23.7. The SMILES string of the molecule is C=C1/C(=C\C)c2ccc(N(c3ccc(-c4ccc5c(c4)C4(c6ccccc6-5)c5ccccc5N(c5ccccc5)c5ccccc54)cc3)c3ccccc3-c3ccccc3)cc2C1(C)C. The largest absolute Gasteiger partial charge is 0.310 e. The van der Waals surface area contributed by atoms with Crippen LogP contribution in [0.4, 0.5) is 34.1 Å². The van der Waals surface area contributed by atoms with Gasteiger partial charge in [-0.05, 0) is 140 Å². The van der Waals surface area contributed by atoms with Crippen molar-refractivity contribution in [3.63, 3.8) is 0 Å². The van der Waals surface area contributed by atoms with Crippen molar-refractivity contribution >= 4 is 39.7 Å². The molecule has 0 amide bonds. The lowest BCUT2D eigenvalue weighted by Crippen LogP contribution is -2.36. The molecule has 0 bridgehead atoms. The van der Waals surface area contributed by atoms with Crippen LogP contribution in [-0.4, -0.2) is 0 Å². The van der Waals surface area contributed by atoms with Crippen molar-refractivity contribution in [3.8, 4) is 33.4 Å². The van der Waals surface area contributed by atoms with Gasteiger partial charge < -0.3 is 9.80 Å². The van der Waals surface area contributed by atoms with E-state index in [1.54, 1.807) is 0 Å². The molecule has 0 radical (unpaired) electrons. The van der Waals surface area contributed by atoms with Gasteiger partial charge in [-0.1, -0.05) is 184 Å². The molecule has 12 rings (SSSR count). The van der Waals surface area contributed by atoms with E-state index >= 15 is 0 Å². The highest BCUT2D eigenvalue weighted by atomic mass is 15.2. The van der Waals surface area contributed by atoms with Gasteiger partial charge in [-0.25, -0.2) is 0 Å². The van der Waals surface area contributed by atoms with Crippen LogP contribution in [0.15, 0.2) is 237 Å². The maximum Gasteiger partial charge on any atom is 0.0754 e. The van der Waals surface area contributed by atoms with Gasteiger partial charge in [-0.3, -0.25) is 0 Å². The van der Waals surface area contributed by atoms with Crippen LogP contribution in [0.25, 0.3) is 39.0 Å². The molecular formula is C63H48N2. The van der Waals surface area contributed by atoms with Crippen molar-refractivity contribution < 1.29 is 0 Å². The Labute approximate surface area is 382 Å². The molecule has 3 aliphatic rings. The van der Waals surface area contributed by atoms with Crippen LogP contribution in [0.1, 0.15) is 54.2 Å². The summed E-state index contributed by atoms with van der Waals surface area (Å²) in [4.78, 5) is 4.88. The van der Waals surface area contributed by atoms with Crippen LogP contribution >= 0.6 is 0 Å². The maximum atomic E-state index is 4.57. The molecule has 1 aliphatic heterocycles. The predicted molar refractivity (Wildman–Crippen MR) is 273 cm³/mol. The lowest BCUT2D eigenvalue weighted by Gasteiger charge is -2.45. The number of hydrogen-bond donors (Lipinski definition) is 0. The van der Waals surface area contributed by atoms with E-state index in [0.29, 0.717) is 0 Å². The molecular weight excluding hydrogens is 785 g/mol. The standard InChI is InChI=1S/C63H48N2/c1-5-49-42(2)62(3,4)57-41-48(37-39-52(49)57)64(59-29-17-13-24-50(59)44-20-8-6-9-21-44)47-35-32-43(33-36-47)45-34-38-53-51-25-12-14-26-54(51)63(58(53)40-45)55-27-15-18-30-60(55)65(46-22-10-7-11-23-46)61-31-19-16-28-56(61)63/h5-41H,2H2,1,3-4H3/b49-5+. The number of benzene rings is 9. The molecule has 9 aromatic rings. The van der Waals surface area contributed by atoms with Crippen LogP contribution in [0.5, 0.6) is 0 Å². The van der Waals surface area contributed by atoms with Gasteiger partial charge in [0.15, 0.2) is 0 Å². The average molecular weight is 833 g/mol. The fourth-order valence-electron chi connectivity index (χ4n) is 11.3. The molecule has 0 fully saturated rings. The molecule has 65 heavy (non-hydrogen) atoms. The van der Waals surface area contributed by atoms with Gasteiger partial charge in [0.05, 0.1) is 22.5 Å². The smallest absolute Gasteiger partial charge is 0.0754 e. The van der Waals surface area contributed by atoms with E-state index in [-0.39, 0.29) is 5.41 Å². The summed E-state index contributed by atoms with van der Waals surface area (Å²) in [6.07, 6.45) is 2.21. The number of allylic oxidation sites excluding steroid dienone is 3. The molecule has 0 aromatic heterocycles. The number of fused-ring (bicyclic) bond motifs is 10. The zero-order valence-electron chi connectivity index (χ0n) is 37.0. The van der Waals surface area contributed by atoms with Gasteiger partial charge in [0.2, 0.25) is 0 Å². The Morgan fingerprint density at radius 1 is 0.431 bits per heavy atom. The van der Waals surface area contributed by atoms with Gasteiger partial charge in [-0.15, -0.1) is 0 Å². The molecule has 1 heterocycles. The average Bonchev–Trinajstić information content (AvgIpc) is 3.76. The summed E-state index contributed by atoms with van der Waals surface area (Å²) < 4.78 is 0. The van der Waals surface area contributed by atoms with Gasteiger partial charge in [0.1, 0.15) is 0 Å². The molecule has 0 saturated heterocycles. The quantitative estimate of drug-likeness (QED) is 0.165.